The topological polar surface area (TPSA) is 76.3 Å². The van der Waals surface area contributed by atoms with Crippen molar-refractivity contribution in [2.75, 3.05) is 27.2 Å². The van der Waals surface area contributed by atoms with E-state index in [-0.39, 0.29) is 12.5 Å². The van der Waals surface area contributed by atoms with Crippen molar-refractivity contribution in [3.63, 3.8) is 0 Å². The van der Waals surface area contributed by atoms with Crippen LogP contribution in [-0.2, 0) is 17.9 Å². The molecule has 1 aromatic heterocycles. The minimum absolute atomic E-state index is 0.256. The van der Waals surface area contributed by atoms with Crippen LogP contribution >= 0.6 is 0 Å². The highest BCUT2D eigenvalue weighted by atomic mass is 16.2. The van der Waals surface area contributed by atoms with Crippen molar-refractivity contribution in [2.24, 2.45) is 0 Å². The molecule has 1 heterocycles. The second-order valence-electron chi connectivity index (χ2n) is 5.56. The molecule has 0 saturated carbocycles. The third kappa shape index (κ3) is 4.42. The van der Waals surface area contributed by atoms with Gasteiger partial charge in [0.05, 0.1) is 6.54 Å². The average molecular weight is 330 g/mol. The number of likely N-dealkylation sites (N-methyl/N-ethyl adjacent to an activating group) is 2. The van der Waals surface area contributed by atoms with Gasteiger partial charge in [-0.1, -0.05) is 30.3 Å². The zero-order valence-electron chi connectivity index (χ0n) is 13.9. The van der Waals surface area contributed by atoms with E-state index in [0.29, 0.717) is 19.6 Å². The van der Waals surface area contributed by atoms with Gasteiger partial charge in [-0.05, 0) is 12.6 Å². The predicted molar refractivity (Wildman–Crippen MR) is 92.1 cm³/mol. The highest BCUT2D eigenvalue weighted by molar-refractivity contribution is 5.75. The summed E-state index contributed by atoms with van der Waals surface area (Å²) in [5.41, 5.74) is -0.0105. The Morgan fingerprint density at radius 2 is 1.88 bits per heavy atom. The predicted octanol–water partition coefficient (Wildman–Crippen LogP) is -0.264. The van der Waals surface area contributed by atoms with E-state index in [1.807, 2.05) is 30.3 Å². The quantitative estimate of drug-likeness (QED) is 0.759. The summed E-state index contributed by atoms with van der Waals surface area (Å²) in [4.78, 5) is 38.2. The highest BCUT2D eigenvalue weighted by Crippen LogP contribution is 1.99. The van der Waals surface area contributed by atoms with Gasteiger partial charge in [-0.15, -0.1) is 0 Å². The van der Waals surface area contributed by atoms with Crippen LogP contribution in [0.4, 0.5) is 0 Å². The second kappa shape index (κ2) is 8.26. The number of carbonyl (C=O) groups is 1. The molecule has 0 unspecified atom stereocenters. The van der Waals surface area contributed by atoms with Gasteiger partial charge in [0.25, 0.3) is 5.56 Å². The van der Waals surface area contributed by atoms with Gasteiger partial charge in [0.15, 0.2) is 0 Å². The molecule has 1 amide bonds. The minimum atomic E-state index is -0.485. The monoisotopic (exact) mass is 330 g/mol. The summed E-state index contributed by atoms with van der Waals surface area (Å²) < 4.78 is 2.40. The van der Waals surface area contributed by atoms with Crippen LogP contribution in [0.2, 0.25) is 0 Å². The van der Waals surface area contributed by atoms with E-state index < -0.39 is 11.2 Å². The molecule has 0 bridgehead atoms. The Hall–Kier alpha value is -2.67. The Kier molecular flexibility index (Phi) is 6.08. The zero-order valence-corrected chi connectivity index (χ0v) is 13.9. The van der Waals surface area contributed by atoms with Crippen molar-refractivity contribution in [2.45, 2.75) is 13.1 Å². The molecule has 0 aliphatic heterocycles. The maximum absolute atomic E-state index is 12.5. The van der Waals surface area contributed by atoms with Crippen molar-refractivity contribution < 1.29 is 4.79 Å². The fraction of sp³-hybridized carbons (Fsp3) is 0.353. The average Bonchev–Trinajstić information content (AvgIpc) is 2.59. The Bertz CT molecular complexity index is 795. The molecule has 7 nitrogen and oxygen atoms in total. The minimum Gasteiger partial charge on any atom is -0.343 e. The van der Waals surface area contributed by atoms with Gasteiger partial charge < -0.3 is 10.2 Å². The van der Waals surface area contributed by atoms with Crippen LogP contribution in [0, 0.1) is 0 Å². The summed E-state index contributed by atoms with van der Waals surface area (Å²) in [6, 6.07) is 10.8. The molecular weight excluding hydrogens is 308 g/mol. The number of nitrogens with one attached hydrogen (secondary N) is 1. The molecule has 0 saturated heterocycles. The molecule has 2 rings (SSSR count). The third-order valence-electron chi connectivity index (χ3n) is 3.75. The molecule has 1 aromatic carbocycles. The van der Waals surface area contributed by atoms with Crippen LogP contribution in [0.25, 0.3) is 0 Å². The normalized spacial score (nSPS) is 10.6. The Morgan fingerprint density at radius 1 is 1.17 bits per heavy atom. The van der Waals surface area contributed by atoms with Gasteiger partial charge in [0.1, 0.15) is 6.54 Å². The number of benzene rings is 1. The summed E-state index contributed by atoms with van der Waals surface area (Å²) in [6.07, 6.45) is 1.46. The lowest BCUT2D eigenvalue weighted by molar-refractivity contribution is -0.130. The van der Waals surface area contributed by atoms with E-state index in [4.69, 9.17) is 0 Å². The molecule has 0 radical (unpaired) electrons. The number of rotatable bonds is 7. The largest absolute Gasteiger partial charge is 0.343 e. The van der Waals surface area contributed by atoms with Gasteiger partial charge in [-0.25, -0.2) is 4.79 Å². The Morgan fingerprint density at radius 3 is 2.54 bits per heavy atom. The van der Waals surface area contributed by atoms with Crippen LogP contribution < -0.4 is 16.6 Å². The SMILES string of the molecule is CNCCN(C)C(=O)Cn1c(=O)ccn(Cc2ccccc2)c1=O. The Labute approximate surface area is 140 Å². The van der Waals surface area contributed by atoms with Gasteiger partial charge >= 0.3 is 5.69 Å². The van der Waals surface area contributed by atoms with E-state index in [9.17, 15) is 14.4 Å². The molecule has 24 heavy (non-hydrogen) atoms. The molecule has 1 N–H and O–H groups in total. The molecule has 128 valence electrons. The summed E-state index contributed by atoms with van der Waals surface area (Å²) in [7, 11) is 3.44. The van der Waals surface area contributed by atoms with Gasteiger partial charge in [-0.3, -0.25) is 18.7 Å². The van der Waals surface area contributed by atoms with Gasteiger partial charge in [-0.2, -0.15) is 0 Å². The molecule has 7 heteroatoms. The number of amides is 1. The first-order chi connectivity index (χ1) is 11.5. The van der Waals surface area contributed by atoms with Gasteiger partial charge in [0.2, 0.25) is 5.91 Å². The Balaban J connectivity index is 2.21. The second-order valence-corrected chi connectivity index (χ2v) is 5.56. The van der Waals surface area contributed by atoms with E-state index in [1.165, 1.54) is 21.7 Å². The smallest absolute Gasteiger partial charge is 0.331 e. The van der Waals surface area contributed by atoms with Crippen LogP contribution in [0.3, 0.4) is 0 Å². The van der Waals surface area contributed by atoms with E-state index in [0.717, 1.165) is 10.1 Å². The summed E-state index contributed by atoms with van der Waals surface area (Å²) >= 11 is 0. The maximum atomic E-state index is 12.5. The molecular formula is C17H22N4O3. The molecule has 2 aromatic rings. The lowest BCUT2D eigenvalue weighted by atomic mass is 10.2. The molecule has 0 fully saturated rings. The van der Waals surface area contributed by atoms with Crippen molar-refractivity contribution >= 4 is 5.91 Å². The molecule has 0 aliphatic rings. The van der Waals surface area contributed by atoms with Crippen LogP contribution in [-0.4, -0.2) is 47.1 Å². The van der Waals surface area contributed by atoms with Crippen molar-refractivity contribution in [1.29, 1.82) is 0 Å². The molecule has 0 spiro atoms. The van der Waals surface area contributed by atoms with Crippen molar-refractivity contribution in [3.8, 4) is 0 Å². The first kappa shape index (κ1) is 17.7. The maximum Gasteiger partial charge on any atom is 0.331 e. The van der Waals surface area contributed by atoms with E-state index in [2.05, 4.69) is 5.32 Å². The summed E-state index contributed by atoms with van der Waals surface area (Å²) in [6.45, 7) is 1.25. The van der Waals surface area contributed by atoms with Crippen molar-refractivity contribution in [1.82, 2.24) is 19.4 Å². The highest BCUT2D eigenvalue weighted by Gasteiger charge is 2.13. The molecule has 0 atom stereocenters. The number of carbonyl (C=O) groups excluding carboxylic acids is 1. The van der Waals surface area contributed by atoms with Crippen LogP contribution in [0.15, 0.2) is 52.2 Å². The van der Waals surface area contributed by atoms with Crippen LogP contribution in [0.1, 0.15) is 5.56 Å². The lowest BCUT2D eigenvalue weighted by Crippen LogP contribution is -2.44. The summed E-state index contributed by atoms with van der Waals surface area (Å²) in [5.74, 6) is -0.276. The molecule has 0 aliphatic carbocycles. The van der Waals surface area contributed by atoms with Gasteiger partial charge in [0, 0.05) is 32.4 Å². The first-order valence-electron chi connectivity index (χ1n) is 7.75. The number of hydrogen-bond donors (Lipinski definition) is 1. The standard InChI is InChI=1S/C17H22N4O3/c1-18-9-11-19(2)16(23)13-21-15(22)8-10-20(17(21)24)12-14-6-4-3-5-7-14/h3-8,10,18H,9,11-13H2,1-2H3. The number of aromatic nitrogens is 2. The van der Waals surface area contributed by atoms with Crippen LogP contribution in [0.5, 0.6) is 0 Å². The third-order valence-corrected chi connectivity index (χ3v) is 3.75. The first-order valence-corrected chi connectivity index (χ1v) is 7.75. The number of hydrogen-bond acceptors (Lipinski definition) is 4. The lowest BCUT2D eigenvalue weighted by Gasteiger charge is -2.17. The summed E-state index contributed by atoms with van der Waals surface area (Å²) in [5, 5.41) is 2.95. The fourth-order valence-corrected chi connectivity index (χ4v) is 2.26. The van der Waals surface area contributed by atoms with E-state index >= 15 is 0 Å². The fourth-order valence-electron chi connectivity index (χ4n) is 2.26. The zero-order chi connectivity index (χ0) is 17.5. The van der Waals surface area contributed by atoms with Crippen molar-refractivity contribution in [3.05, 3.63) is 69.0 Å². The van der Waals surface area contributed by atoms with E-state index in [1.54, 1.807) is 14.1 Å². The number of nitrogens with zero attached hydrogens (tertiary/aromatic N) is 3.